The molecule has 0 radical (unpaired) electrons. The highest BCUT2D eigenvalue weighted by molar-refractivity contribution is 5.59. The van der Waals surface area contributed by atoms with E-state index >= 15 is 0 Å². The minimum atomic E-state index is 0.144. The van der Waals surface area contributed by atoms with Crippen LogP contribution in [0.4, 0.5) is 0 Å². The number of benzene rings is 1. The molecule has 0 saturated heterocycles. The monoisotopic (exact) mass is 320 g/mol. The van der Waals surface area contributed by atoms with E-state index in [2.05, 4.69) is 50.2 Å². The third kappa shape index (κ3) is 3.22. The van der Waals surface area contributed by atoms with E-state index in [9.17, 15) is 0 Å². The number of hydrogen-bond donors (Lipinski definition) is 1. The van der Waals surface area contributed by atoms with Crippen molar-refractivity contribution in [2.75, 3.05) is 6.54 Å². The average Bonchev–Trinajstić information content (AvgIpc) is 3.07. The quantitative estimate of drug-likeness (QED) is 0.785. The summed E-state index contributed by atoms with van der Waals surface area (Å²) in [5.74, 6) is 0.998. The van der Waals surface area contributed by atoms with Crippen molar-refractivity contribution < 1.29 is 4.74 Å². The number of hydrogen-bond acceptors (Lipinski definition) is 4. The first-order valence-electron chi connectivity index (χ1n) is 8.21. The SMILES string of the molecule is c1ccc(-c2cnc3n2C[C@H](CNCc2cccnc2)OC3)cc1. The largest absolute Gasteiger partial charge is 0.367 e. The second-order valence-corrected chi connectivity index (χ2v) is 5.96. The van der Waals surface area contributed by atoms with Gasteiger partial charge in [-0.05, 0) is 17.2 Å². The molecule has 1 aliphatic heterocycles. The summed E-state index contributed by atoms with van der Waals surface area (Å²) in [5, 5.41) is 3.45. The van der Waals surface area contributed by atoms with E-state index in [0.717, 1.165) is 31.2 Å². The van der Waals surface area contributed by atoms with Crippen LogP contribution in [0, 0.1) is 0 Å². The molecule has 0 unspecified atom stereocenters. The molecule has 5 nitrogen and oxygen atoms in total. The molecule has 1 N–H and O–H groups in total. The maximum Gasteiger partial charge on any atom is 0.135 e. The van der Waals surface area contributed by atoms with E-state index in [1.807, 2.05) is 24.5 Å². The zero-order valence-corrected chi connectivity index (χ0v) is 13.4. The Bertz CT molecular complexity index is 786. The minimum Gasteiger partial charge on any atom is -0.367 e. The highest BCUT2D eigenvalue weighted by Crippen LogP contribution is 2.24. The molecule has 5 heteroatoms. The van der Waals surface area contributed by atoms with Crippen LogP contribution in [0.1, 0.15) is 11.4 Å². The summed E-state index contributed by atoms with van der Waals surface area (Å²) in [6.07, 6.45) is 5.76. The van der Waals surface area contributed by atoms with Crippen LogP contribution in [0.3, 0.4) is 0 Å². The Hall–Kier alpha value is -2.50. The molecule has 0 fully saturated rings. The van der Waals surface area contributed by atoms with Crippen LogP contribution in [0.5, 0.6) is 0 Å². The second kappa shape index (κ2) is 6.95. The maximum atomic E-state index is 5.93. The van der Waals surface area contributed by atoms with Crippen molar-refractivity contribution >= 4 is 0 Å². The highest BCUT2D eigenvalue weighted by Gasteiger charge is 2.22. The molecule has 0 bridgehead atoms. The van der Waals surface area contributed by atoms with Crippen molar-refractivity contribution in [1.29, 1.82) is 0 Å². The van der Waals surface area contributed by atoms with Crippen LogP contribution in [0.15, 0.2) is 61.1 Å². The van der Waals surface area contributed by atoms with Gasteiger partial charge in [0.25, 0.3) is 0 Å². The van der Waals surface area contributed by atoms with Gasteiger partial charge in [-0.3, -0.25) is 4.98 Å². The predicted molar refractivity (Wildman–Crippen MR) is 92.2 cm³/mol. The van der Waals surface area contributed by atoms with Crippen molar-refractivity contribution in [3.05, 3.63) is 72.4 Å². The Morgan fingerprint density at radius 2 is 2.04 bits per heavy atom. The maximum absolute atomic E-state index is 5.93. The van der Waals surface area contributed by atoms with E-state index in [1.165, 1.54) is 11.1 Å². The van der Waals surface area contributed by atoms with Gasteiger partial charge in [-0.15, -0.1) is 0 Å². The van der Waals surface area contributed by atoms with Crippen molar-refractivity contribution in [3.63, 3.8) is 0 Å². The Balaban J connectivity index is 1.41. The van der Waals surface area contributed by atoms with E-state index in [-0.39, 0.29) is 6.10 Å². The first kappa shape index (κ1) is 15.1. The fraction of sp³-hybridized carbons (Fsp3) is 0.263. The highest BCUT2D eigenvalue weighted by atomic mass is 16.5. The van der Waals surface area contributed by atoms with Crippen LogP contribution in [0.25, 0.3) is 11.3 Å². The number of nitrogens with one attached hydrogen (secondary N) is 1. The van der Waals surface area contributed by atoms with E-state index in [4.69, 9.17) is 4.74 Å². The summed E-state index contributed by atoms with van der Waals surface area (Å²) in [4.78, 5) is 8.64. The lowest BCUT2D eigenvalue weighted by atomic mass is 10.1. The van der Waals surface area contributed by atoms with Gasteiger partial charge in [-0.2, -0.15) is 0 Å². The Labute approximate surface area is 141 Å². The number of pyridine rings is 1. The second-order valence-electron chi connectivity index (χ2n) is 5.96. The fourth-order valence-electron chi connectivity index (χ4n) is 3.02. The third-order valence-corrected chi connectivity index (χ3v) is 4.27. The van der Waals surface area contributed by atoms with Gasteiger partial charge in [0, 0.05) is 25.5 Å². The number of aromatic nitrogens is 3. The minimum absolute atomic E-state index is 0.144. The Morgan fingerprint density at radius 1 is 1.12 bits per heavy atom. The van der Waals surface area contributed by atoms with E-state index < -0.39 is 0 Å². The van der Waals surface area contributed by atoms with Crippen molar-refractivity contribution in [3.8, 4) is 11.3 Å². The molecule has 4 rings (SSSR count). The molecule has 3 heterocycles. The molecule has 0 amide bonds. The smallest absolute Gasteiger partial charge is 0.135 e. The summed E-state index contributed by atoms with van der Waals surface area (Å²) in [5.41, 5.74) is 3.54. The lowest BCUT2D eigenvalue weighted by Crippen LogP contribution is -2.36. The summed E-state index contributed by atoms with van der Waals surface area (Å²) in [6, 6.07) is 14.4. The van der Waals surface area contributed by atoms with Crippen molar-refractivity contribution in [2.45, 2.75) is 25.8 Å². The van der Waals surface area contributed by atoms with E-state index in [0.29, 0.717) is 6.61 Å². The molecule has 3 aromatic rings. The molecule has 1 aromatic carbocycles. The van der Waals surface area contributed by atoms with Gasteiger partial charge in [0.15, 0.2) is 0 Å². The first-order chi connectivity index (χ1) is 11.9. The molecule has 0 spiro atoms. The standard InChI is InChI=1S/C19H20N4O/c1-2-6-16(7-3-1)18-12-22-19-14-24-17(13-23(18)19)11-21-10-15-5-4-8-20-9-15/h1-9,12,17,21H,10-11,13-14H2/t17-/m0/s1. The fourth-order valence-corrected chi connectivity index (χ4v) is 3.02. The van der Waals surface area contributed by atoms with Gasteiger partial charge >= 0.3 is 0 Å². The molecular weight excluding hydrogens is 300 g/mol. The summed E-state index contributed by atoms with van der Waals surface area (Å²) in [6.45, 7) is 2.99. The summed E-state index contributed by atoms with van der Waals surface area (Å²) >= 11 is 0. The molecule has 122 valence electrons. The Kier molecular flexibility index (Phi) is 4.36. The normalized spacial score (nSPS) is 16.8. The lowest BCUT2D eigenvalue weighted by molar-refractivity contribution is 0.00325. The average molecular weight is 320 g/mol. The molecule has 0 saturated carbocycles. The molecule has 1 aliphatic rings. The van der Waals surface area contributed by atoms with E-state index in [1.54, 1.807) is 6.20 Å². The molecule has 1 atom stereocenters. The number of rotatable bonds is 5. The molecular formula is C19H20N4O. The summed E-state index contributed by atoms with van der Waals surface area (Å²) < 4.78 is 8.20. The topological polar surface area (TPSA) is 52.0 Å². The van der Waals surface area contributed by atoms with Crippen LogP contribution in [-0.4, -0.2) is 27.2 Å². The van der Waals surface area contributed by atoms with Crippen LogP contribution in [0.2, 0.25) is 0 Å². The van der Waals surface area contributed by atoms with Crippen molar-refractivity contribution in [2.24, 2.45) is 0 Å². The van der Waals surface area contributed by atoms with Crippen LogP contribution < -0.4 is 5.32 Å². The first-order valence-corrected chi connectivity index (χ1v) is 8.21. The zero-order chi connectivity index (χ0) is 16.2. The third-order valence-electron chi connectivity index (χ3n) is 4.27. The predicted octanol–water partition coefficient (Wildman–Crippen LogP) is 2.63. The van der Waals surface area contributed by atoms with Gasteiger partial charge in [0.1, 0.15) is 12.4 Å². The summed E-state index contributed by atoms with van der Waals surface area (Å²) in [7, 11) is 0. The van der Waals surface area contributed by atoms with Crippen LogP contribution in [-0.2, 0) is 24.4 Å². The number of imidazole rings is 1. The van der Waals surface area contributed by atoms with Crippen molar-refractivity contribution in [1.82, 2.24) is 19.9 Å². The Morgan fingerprint density at radius 3 is 2.88 bits per heavy atom. The van der Waals surface area contributed by atoms with Gasteiger partial charge in [0.2, 0.25) is 0 Å². The van der Waals surface area contributed by atoms with Gasteiger partial charge in [-0.25, -0.2) is 4.98 Å². The van der Waals surface area contributed by atoms with Gasteiger partial charge in [0.05, 0.1) is 24.5 Å². The molecule has 24 heavy (non-hydrogen) atoms. The van der Waals surface area contributed by atoms with Gasteiger partial charge in [-0.1, -0.05) is 36.4 Å². The van der Waals surface area contributed by atoms with Crippen LogP contribution >= 0.6 is 0 Å². The van der Waals surface area contributed by atoms with Gasteiger partial charge < -0.3 is 14.6 Å². The molecule has 0 aliphatic carbocycles. The number of ether oxygens (including phenoxy) is 1. The number of nitrogens with zero attached hydrogens (tertiary/aromatic N) is 3. The zero-order valence-electron chi connectivity index (χ0n) is 13.4. The number of fused-ring (bicyclic) bond motifs is 1. The molecule has 2 aromatic heterocycles. The lowest BCUT2D eigenvalue weighted by Gasteiger charge is -2.26.